The van der Waals surface area contributed by atoms with Gasteiger partial charge in [0, 0.05) is 30.5 Å². The molecule has 0 aliphatic carbocycles. The van der Waals surface area contributed by atoms with Crippen LogP contribution in [0, 0.1) is 19.8 Å². The Bertz CT molecular complexity index is 943. The Balaban J connectivity index is 1.62. The lowest BCUT2D eigenvalue weighted by molar-refractivity contribution is -0.120. The van der Waals surface area contributed by atoms with Crippen LogP contribution in [0.5, 0.6) is 0 Å². The van der Waals surface area contributed by atoms with Gasteiger partial charge in [0.2, 0.25) is 15.9 Å². The zero-order valence-corrected chi connectivity index (χ0v) is 17.6. The van der Waals surface area contributed by atoms with Crippen LogP contribution in [0.1, 0.15) is 50.8 Å². The molecule has 154 valence electrons. The van der Waals surface area contributed by atoms with E-state index in [1.165, 1.54) is 4.31 Å². The van der Waals surface area contributed by atoms with Crippen molar-refractivity contribution in [3.8, 4) is 0 Å². The normalized spacial score (nSPS) is 17.0. The Hall–Kier alpha value is -2.20. The van der Waals surface area contributed by atoms with E-state index in [1.807, 2.05) is 20.8 Å². The van der Waals surface area contributed by atoms with Gasteiger partial charge < -0.3 is 14.4 Å². The van der Waals surface area contributed by atoms with Crippen molar-refractivity contribution in [3.05, 3.63) is 23.3 Å². The van der Waals surface area contributed by atoms with Crippen molar-refractivity contribution >= 4 is 21.7 Å². The number of nitrogens with zero attached hydrogens (tertiary/aromatic N) is 3. The highest BCUT2D eigenvalue weighted by atomic mass is 32.2. The molecular weight excluding hydrogens is 384 g/mol. The van der Waals surface area contributed by atoms with E-state index in [1.54, 1.807) is 19.9 Å². The number of aryl methyl sites for hydroxylation is 2. The molecule has 0 saturated carbocycles. The summed E-state index contributed by atoms with van der Waals surface area (Å²) in [5.74, 6) is 0.871. The molecule has 10 heteroatoms. The molecule has 3 rings (SSSR count). The number of carbonyl (C=O) groups is 1. The van der Waals surface area contributed by atoms with Crippen molar-refractivity contribution in [2.45, 2.75) is 57.8 Å². The largest absolute Gasteiger partial charge is 0.360 e. The third-order valence-corrected chi connectivity index (χ3v) is 7.03. The van der Waals surface area contributed by atoms with E-state index in [4.69, 9.17) is 9.05 Å². The SMILES string of the molecule is Cc1noc(C)c1S(=O)(=O)N1CCC(C(=O)Nc2cc(C(C)(C)C)on2)CC1. The Kier molecular flexibility index (Phi) is 5.37. The highest BCUT2D eigenvalue weighted by Crippen LogP contribution is 2.29. The van der Waals surface area contributed by atoms with Gasteiger partial charge in [0.1, 0.15) is 16.3 Å². The molecule has 9 nitrogen and oxygen atoms in total. The molecule has 2 aromatic rings. The molecule has 2 aromatic heterocycles. The maximum Gasteiger partial charge on any atom is 0.248 e. The van der Waals surface area contributed by atoms with Crippen molar-refractivity contribution in [2.24, 2.45) is 5.92 Å². The molecule has 1 aliphatic rings. The van der Waals surface area contributed by atoms with E-state index in [-0.39, 0.29) is 41.0 Å². The molecule has 0 unspecified atom stereocenters. The Labute approximate surface area is 164 Å². The first kappa shape index (κ1) is 20.5. The summed E-state index contributed by atoms with van der Waals surface area (Å²) in [5, 5.41) is 10.4. The predicted molar refractivity (Wildman–Crippen MR) is 101 cm³/mol. The first-order valence-electron chi connectivity index (χ1n) is 9.21. The van der Waals surface area contributed by atoms with E-state index < -0.39 is 10.0 Å². The molecule has 1 aliphatic heterocycles. The van der Waals surface area contributed by atoms with Crippen LogP contribution < -0.4 is 5.32 Å². The molecule has 0 spiro atoms. The van der Waals surface area contributed by atoms with Gasteiger partial charge in [-0.25, -0.2) is 8.42 Å². The predicted octanol–water partition coefficient (Wildman–Crippen LogP) is 2.62. The summed E-state index contributed by atoms with van der Waals surface area (Å²) in [7, 11) is -3.68. The van der Waals surface area contributed by atoms with Crippen LogP contribution in [0.25, 0.3) is 0 Å². The zero-order chi connectivity index (χ0) is 20.7. The smallest absolute Gasteiger partial charge is 0.248 e. The summed E-state index contributed by atoms with van der Waals surface area (Å²) in [4.78, 5) is 12.7. The number of hydrogen-bond acceptors (Lipinski definition) is 7. The van der Waals surface area contributed by atoms with Crippen molar-refractivity contribution in [1.29, 1.82) is 0 Å². The fourth-order valence-corrected chi connectivity index (χ4v) is 5.01. The molecule has 0 atom stereocenters. The highest BCUT2D eigenvalue weighted by Gasteiger charge is 2.35. The lowest BCUT2D eigenvalue weighted by Crippen LogP contribution is -2.41. The van der Waals surface area contributed by atoms with Crippen LogP contribution in [-0.4, -0.2) is 42.0 Å². The minimum Gasteiger partial charge on any atom is -0.360 e. The molecule has 3 heterocycles. The molecule has 1 fully saturated rings. The Morgan fingerprint density at radius 3 is 2.32 bits per heavy atom. The van der Waals surface area contributed by atoms with Gasteiger partial charge in [-0.3, -0.25) is 4.79 Å². The first-order valence-corrected chi connectivity index (χ1v) is 10.6. The van der Waals surface area contributed by atoms with Crippen LogP contribution in [0.2, 0.25) is 0 Å². The minimum atomic E-state index is -3.68. The van der Waals surface area contributed by atoms with Gasteiger partial charge in [-0.05, 0) is 26.7 Å². The minimum absolute atomic E-state index is 0.118. The Morgan fingerprint density at radius 1 is 1.18 bits per heavy atom. The van der Waals surface area contributed by atoms with E-state index in [2.05, 4.69) is 15.6 Å². The summed E-state index contributed by atoms with van der Waals surface area (Å²) in [5.41, 5.74) is 0.145. The second-order valence-corrected chi connectivity index (χ2v) is 10.0. The monoisotopic (exact) mass is 410 g/mol. The lowest BCUT2D eigenvalue weighted by atomic mass is 9.93. The topological polar surface area (TPSA) is 119 Å². The van der Waals surface area contributed by atoms with Crippen LogP contribution in [0.4, 0.5) is 5.82 Å². The van der Waals surface area contributed by atoms with Gasteiger partial charge in [0.15, 0.2) is 11.6 Å². The maximum atomic E-state index is 12.9. The van der Waals surface area contributed by atoms with Crippen LogP contribution in [0.3, 0.4) is 0 Å². The second kappa shape index (κ2) is 7.32. The molecule has 0 radical (unpaired) electrons. The second-order valence-electron chi connectivity index (χ2n) is 8.15. The Morgan fingerprint density at radius 2 is 1.82 bits per heavy atom. The van der Waals surface area contributed by atoms with E-state index in [0.29, 0.717) is 30.1 Å². The average Bonchev–Trinajstić information content (AvgIpc) is 3.21. The number of nitrogens with one attached hydrogen (secondary N) is 1. The fraction of sp³-hybridized carbons (Fsp3) is 0.611. The van der Waals surface area contributed by atoms with Crippen molar-refractivity contribution < 1.29 is 22.3 Å². The summed E-state index contributed by atoms with van der Waals surface area (Å²) in [6.45, 7) is 9.69. The maximum absolute atomic E-state index is 12.9. The van der Waals surface area contributed by atoms with Gasteiger partial charge in [-0.1, -0.05) is 31.1 Å². The number of carbonyl (C=O) groups excluding carboxylic acids is 1. The summed E-state index contributed by atoms with van der Waals surface area (Å²) in [6.07, 6.45) is 0.858. The number of sulfonamides is 1. The average molecular weight is 410 g/mol. The van der Waals surface area contributed by atoms with Crippen molar-refractivity contribution in [3.63, 3.8) is 0 Å². The molecule has 28 heavy (non-hydrogen) atoms. The number of amides is 1. The summed E-state index contributed by atoms with van der Waals surface area (Å²) in [6, 6.07) is 1.72. The van der Waals surface area contributed by atoms with Crippen LogP contribution in [0.15, 0.2) is 20.0 Å². The standard InChI is InChI=1S/C18H26N4O5S/c1-11-16(12(2)26-20-11)28(24,25)22-8-6-13(7-9-22)17(23)19-15-10-14(27-21-15)18(3,4)5/h10,13H,6-9H2,1-5H3,(H,19,21,23). The lowest BCUT2D eigenvalue weighted by Gasteiger charge is -2.30. The van der Waals surface area contributed by atoms with Crippen LogP contribution in [-0.2, 0) is 20.2 Å². The molecule has 0 aromatic carbocycles. The van der Waals surface area contributed by atoms with Gasteiger partial charge in [0.25, 0.3) is 0 Å². The summed E-state index contributed by atoms with van der Waals surface area (Å²) < 4.78 is 37.4. The fourth-order valence-electron chi connectivity index (χ4n) is 3.25. The molecule has 1 amide bonds. The van der Waals surface area contributed by atoms with E-state index in [0.717, 1.165) is 0 Å². The third kappa shape index (κ3) is 3.97. The van der Waals surface area contributed by atoms with Crippen molar-refractivity contribution in [1.82, 2.24) is 14.6 Å². The quantitative estimate of drug-likeness (QED) is 0.823. The number of rotatable bonds is 4. The third-order valence-electron chi connectivity index (χ3n) is 4.89. The van der Waals surface area contributed by atoms with Crippen LogP contribution >= 0.6 is 0 Å². The number of anilines is 1. The van der Waals surface area contributed by atoms with E-state index >= 15 is 0 Å². The summed E-state index contributed by atoms with van der Waals surface area (Å²) >= 11 is 0. The molecule has 1 N–H and O–H groups in total. The molecular formula is C18H26N4O5S. The first-order chi connectivity index (χ1) is 13.0. The molecule has 1 saturated heterocycles. The number of piperidine rings is 1. The van der Waals surface area contributed by atoms with Gasteiger partial charge in [-0.15, -0.1) is 0 Å². The van der Waals surface area contributed by atoms with E-state index in [9.17, 15) is 13.2 Å². The van der Waals surface area contributed by atoms with Crippen molar-refractivity contribution in [2.75, 3.05) is 18.4 Å². The van der Waals surface area contributed by atoms with Gasteiger partial charge in [-0.2, -0.15) is 4.31 Å². The number of hydrogen-bond donors (Lipinski definition) is 1. The van der Waals surface area contributed by atoms with Gasteiger partial charge >= 0.3 is 0 Å². The highest BCUT2D eigenvalue weighted by molar-refractivity contribution is 7.89. The van der Waals surface area contributed by atoms with Gasteiger partial charge in [0.05, 0.1) is 0 Å². The number of aromatic nitrogens is 2. The zero-order valence-electron chi connectivity index (χ0n) is 16.8. The molecule has 0 bridgehead atoms.